The van der Waals surface area contributed by atoms with Crippen molar-refractivity contribution in [2.24, 2.45) is 0 Å². The molecule has 0 atom stereocenters. The van der Waals surface area contributed by atoms with Crippen LogP contribution >= 0.6 is 0 Å². The third kappa shape index (κ3) is 6.13. The summed E-state index contributed by atoms with van der Waals surface area (Å²) in [4.78, 5) is 2.41. The minimum Gasteiger partial charge on any atom is -0.313 e. The lowest BCUT2D eigenvalue weighted by Gasteiger charge is -2.20. The summed E-state index contributed by atoms with van der Waals surface area (Å²) >= 11 is 0. The topological polar surface area (TPSA) is 61.4 Å². The molecule has 6 heteroatoms. The van der Waals surface area contributed by atoms with Gasteiger partial charge in [0.2, 0.25) is 10.0 Å². The van der Waals surface area contributed by atoms with Crippen molar-refractivity contribution in [3.8, 4) is 0 Å². The van der Waals surface area contributed by atoms with E-state index in [9.17, 15) is 8.42 Å². The molecule has 2 N–H and O–H groups in total. The van der Waals surface area contributed by atoms with Crippen LogP contribution in [-0.4, -0.2) is 46.0 Å². The first kappa shape index (κ1) is 18.1. The van der Waals surface area contributed by atoms with Gasteiger partial charge in [0.25, 0.3) is 0 Å². The molecule has 0 bridgehead atoms. The monoisotopic (exact) mass is 313 g/mol. The van der Waals surface area contributed by atoms with E-state index in [0.717, 1.165) is 18.7 Å². The van der Waals surface area contributed by atoms with Gasteiger partial charge in [-0.3, -0.25) is 0 Å². The zero-order chi connectivity index (χ0) is 15.9. The van der Waals surface area contributed by atoms with Gasteiger partial charge >= 0.3 is 0 Å². The molecule has 0 spiro atoms. The van der Waals surface area contributed by atoms with Crippen LogP contribution in [0.3, 0.4) is 0 Å². The molecule has 0 saturated carbocycles. The van der Waals surface area contributed by atoms with E-state index in [2.05, 4.69) is 28.8 Å². The summed E-state index contributed by atoms with van der Waals surface area (Å²) in [6, 6.07) is 7.40. The molecule has 1 rings (SSSR count). The average Bonchev–Trinajstić information content (AvgIpc) is 2.45. The predicted molar refractivity (Wildman–Crippen MR) is 86.8 cm³/mol. The van der Waals surface area contributed by atoms with Crippen molar-refractivity contribution >= 4 is 10.0 Å². The lowest BCUT2D eigenvalue weighted by atomic mass is 10.2. The van der Waals surface area contributed by atoms with Crippen LogP contribution in [0.5, 0.6) is 0 Å². The molecule has 0 aliphatic heterocycles. The lowest BCUT2D eigenvalue weighted by Crippen LogP contribution is -2.36. The molecule has 21 heavy (non-hydrogen) atoms. The molecule has 0 aliphatic rings. The molecule has 1 aromatic carbocycles. The summed E-state index contributed by atoms with van der Waals surface area (Å²) in [6.07, 6.45) is 0. The maximum absolute atomic E-state index is 12.2. The SMILES string of the molecule is CCNCc1ccc(S(=O)(=O)NCCN(C)C(C)C)cc1. The van der Waals surface area contributed by atoms with Gasteiger partial charge in [-0.1, -0.05) is 19.1 Å². The van der Waals surface area contributed by atoms with Crippen LogP contribution in [0.2, 0.25) is 0 Å². The lowest BCUT2D eigenvalue weighted by molar-refractivity contribution is 0.278. The molecule has 1 aromatic rings. The largest absolute Gasteiger partial charge is 0.313 e. The van der Waals surface area contributed by atoms with Gasteiger partial charge in [-0.15, -0.1) is 0 Å². The van der Waals surface area contributed by atoms with Crippen molar-refractivity contribution in [3.63, 3.8) is 0 Å². The molecule has 0 saturated heterocycles. The fraction of sp³-hybridized carbons (Fsp3) is 0.600. The van der Waals surface area contributed by atoms with E-state index < -0.39 is 10.0 Å². The number of nitrogens with zero attached hydrogens (tertiary/aromatic N) is 1. The molecular weight excluding hydrogens is 286 g/mol. The zero-order valence-electron chi connectivity index (χ0n) is 13.4. The number of hydrogen-bond donors (Lipinski definition) is 2. The summed E-state index contributed by atoms with van der Waals surface area (Å²) < 4.78 is 27.0. The molecule has 0 amide bonds. The van der Waals surface area contributed by atoms with E-state index in [1.807, 2.05) is 26.1 Å². The fourth-order valence-corrected chi connectivity index (χ4v) is 2.77. The first-order valence-corrected chi connectivity index (χ1v) is 8.84. The van der Waals surface area contributed by atoms with Crippen molar-refractivity contribution < 1.29 is 8.42 Å². The Bertz CT molecular complexity index is 512. The van der Waals surface area contributed by atoms with Crippen molar-refractivity contribution in [2.75, 3.05) is 26.7 Å². The normalized spacial score (nSPS) is 12.3. The molecule has 0 aliphatic carbocycles. The Morgan fingerprint density at radius 1 is 1.19 bits per heavy atom. The molecule has 5 nitrogen and oxygen atoms in total. The van der Waals surface area contributed by atoms with Gasteiger partial charge < -0.3 is 10.2 Å². The number of hydrogen-bond acceptors (Lipinski definition) is 4. The summed E-state index contributed by atoms with van der Waals surface area (Å²) in [5, 5.41) is 3.21. The second-order valence-electron chi connectivity index (χ2n) is 5.40. The second kappa shape index (κ2) is 8.48. The van der Waals surface area contributed by atoms with Crippen molar-refractivity contribution in [1.29, 1.82) is 0 Å². The molecule has 0 unspecified atom stereocenters. The van der Waals surface area contributed by atoms with Crippen LogP contribution in [-0.2, 0) is 16.6 Å². The number of benzene rings is 1. The van der Waals surface area contributed by atoms with Crippen molar-refractivity contribution in [3.05, 3.63) is 29.8 Å². The zero-order valence-corrected chi connectivity index (χ0v) is 14.2. The van der Waals surface area contributed by atoms with Crippen LogP contribution < -0.4 is 10.0 Å². The number of likely N-dealkylation sites (N-methyl/N-ethyl adjacent to an activating group) is 1. The van der Waals surface area contributed by atoms with E-state index in [1.165, 1.54) is 0 Å². The van der Waals surface area contributed by atoms with Crippen LogP contribution in [0.25, 0.3) is 0 Å². The van der Waals surface area contributed by atoms with Gasteiger partial charge in [0, 0.05) is 25.7 Å². The highest BCUT2D eigenvalue weighted by Crippen LogP contribution is 2.10. The summed E-state index contributed by atoms with van der Waals surface area (Å²) in [5.41, 5.74) is 1.08. The first-order valence-electron chi connectivity index (χ1n) is 7.36. The van der Waals surface area contributed by atoms with Crippen LogP contribution in [0.1, 0.15) is 26.3 Å². The third-order valence-electron chi connectivity index (χ3n) is 3.45. The van der Waals surface area contributed by atoms with Gasteiger partial charge in [0.1, 0.15) is 0 Å². The van der Waals surface area contributed by atoms with Gasteiger partial charge in [-0.2, -0.15) is 0 Å². The van der Waals surface area contributed by atoms with Gasteiger partial charge in [0.05, 0.1) is 4.90 Å². The maximum Gasteiger partial charge on any atom is 0.240 e. The Kier molecular flexibility index (Phi) is 7.31. The van der Waals surface area contributed by atoms with Crippen LogP contribution in [0.15, 0.2) is 29.2 Å². The molecule has 0 aromatic heterocycles. The van der Waals surface area contributed by atoms with E-state index in [0.29, 0.717) is 24.0 Å². The Morgan fingerprint density at radius 3 is 2.33 bits per heavy atom. The minimum absolute atomic E-state index is 0.315. The average molecular weight is 313 g/mol. The number of nitrogens with one attached hydrogen (secondary N) is 2. The Labute approximate surface area is 128 Å². The van der Waals surface area contributed by atoms with E-state index in [1.54, 1.807) is 12.1 Å². The van der Waals surface area contributed by atoms with Crippen LogP contribution in [0, 0.1) is 0 Å². The molecule has 0 fully saturated rings. The smallest absolute Gasteiger partial charge is 0.240 e. The summed E-state index contributed by atoms with van der Waals surface area (Å²) in [6.45, 7) is 8.95. The van der Waals surface area contributed by atoms with E-state index in [-0.39, 0.29) is 0 Å². The van der Waals surface area contributed by atoms with Crippen molar-refractivity contribution in [2.45, 2.75) is 38.3 Å². The molecule has 0 heterocycles. The quantitative estimate of drug-likeness (QED) is 0.724. The Morgan fingerprint density at radius 2 is 1.81 bits per heavy atom. The van der Waals surface area contributed by atoms with E-state index in [4.69, 9.17) is 0 Å². The second-order valence-corrected chi connectivity index (χ2v) is 7.16. The summed E-state index contributed by atoms with van der Waals surface area (Å²) in [5.74, 6) is 0. The Hall–Kier alpha value is -0.950. The molecular formula is C15H27N3O2S. The van der Waals surface area contributed by atoms with E-state index >= 15 is 0 Å². The minimum atomic E-state index is -3.42. The fourth-order valence-electron chi connectivity index (χ4n) is 1.75. The number of sulfonamides is 1. The van der Waals surface area contributed by atoms with Gasteiger partial charge in [0.15, 0.2) is 0 Å². The first-order chi connectivity index (χ1) is 9.86. The van der Waals surface area contributed by atoms with Crippen molar-refractivity contribution in [1.82, 2.24) is 14.9 Å². The third-order valence-corrected chi connectivity index (χ3v) is 4.93. The van der Waals surface area contributed by atoms with Gasteiger partial charge in [-0.25, -0.2) is 13.1 Å². The highest BCUT2D eigenvalue weighted by atomic mass is 32.2. The molecule has 0 radical (unpaired) electrons. The Balaban J connectivity index is 2.57. The van der Waals surface area contributed by atoms with Crippen LogP contribution in [0.4, 0.5) is 0 Å². The highest BCUT2D eigenvalue weighted by molar-refractivity contribution is 7.89. The van der Waals surface area contributed by atoms with Gasteiger partial charge in [-0.05, 0) is 45.1 Å². The highest BCUT2D eigenvalue weighted by Gasteiger charge is 2.13. The summed E-state index contributed by atoms with van der Waals surface area (Å²) in [7, 11) is -1.44. The standard InChI is InChI=1S/C15H27N3O2S/c1-5-16-12-14-6-8-15(9-7-14)21(19,20)17-10-11-18(4)13(2)3/h6-9,13,16-17H,5,10-12H2,1-4H3. The molecule has 120 valence electrons. The maximum atomic E-state index is 12.2. The predicted octanol–water partition coefficient (Wildman–Crippen LogP) is 1.41. The number of rotatable bonds is 9.